The van der Waals surface area contributed by atoms with E-state index >= 15 is 0 Å². The SMILES string of the molecule is CCNC(c1ccc(Br)cc1C)c1cc(F)c(F)cc1Cl. The molecule has 1 nitrogen and oxygen atoms in total. The molecule has 0 amide bonds. The first-order valence-corrected chi connectivity index (χ1v) is 7.75. The van der Waals surface area contributed by atoms with E-state index in [2.05, 4.69) is 21.2 Å². The monoisotopic (exact) mass is 373 g/mol. The maximum absolute atomic E-state index is 13.6. The van der Waals surface area contributed by atoms with Crippen molar-refractivity contribution in [3.8, 4) is 0 Å². The van der Waals surface area contributed by atoms with Crippen LogP contribution in [0.2, 0.25) is 5.02 Å². The number of rotatable bonds is 4. The predicted molar refractivity (Wildman–Crippen MR) is 85.8 cm³/mol. The summed E-state index contributed by atoms with van der Waals surface area (Å²) in [7, 11) is 0. The van der Waals surface area contributed by atoms with Gasteiger partial charge in [-0.25, -0.2) is 8.78 Å². The Labute approximate surface area is 136 Å². The average Bonchev–Trinajstić information content (AvgIpc) is 2.41. The fraction of sp³-hybridized carbons (Fsp3) is 0.250. The van der Waals surface area contributed by atoms with E-state index in [4.69, 9.17) is 11.6 Å². The first-order valence-electron chi connectivity index (χ1n) is 6.58. The third-order valence-electron chi connectivity index (χ3n) is 3.30. The highest BCUT2D eigenvalue weighted by molar-refractivity contribution is 9.10. The summed E-state index contributed by atoms with van der Waals surface area (Å²) in [5.74, 6) is -1.83. The van der Waals surface area contributed by atoms with Crippen LogP contribution in [0, 0.1) is 18.6 Å². The summed E-state index contributed by atoms with van der Waals surface area (Å²) < 4.78 is 27.8. The Morgan fingerprint density at radius 1 is 1.14 bits per heavy atom. The summed E-state index contributed by atoms with van der Waals surface area (Å²) in [5.41, 5.74) is 2.55. The van der Waals surface area contributed by atoms with E-state index in [9.17, 15) is 8.78 Å². The molecule has 0 saturated heterocycles. The number of benzene rings is 2. The fourth-order valence-electron chi connectivity index (χ4n) is 2.31. The highest BCUT2D eigenvalue weighted by Gasteiger charge is 2.20. The van der Waals surface area contributed by atoms with Gasteiger partial charge in [0.05, 0.1) is 6.04 Å². The van der Waals surface area contributed by atoms with Gasteiger partial charge in [-0.15, -0.1) is 0 Å². The molecule has 0 radical (unpaired) electrons. The van der Waals surface area contributed by atoms with Crippen molar-refractivity contribution >= 4 is 27.5 Å². The van der Waals surface area contributed by atoms with Crippen molar-refractivity contribution in [3.63, 3.8) is 0 Å². The first-order chi connectivity index (χ1) is 9.93. The van der Waals surface area contributed by atoms with Crippen LogP contribution in [0.15, 0.2) is 34.8 Å². The van der Waals surface area contributed by atoms with E-state index < -0.39 is 11.6 Å². The summed E-state index contributed by atoms with van der Waals surface area (Å²) in [6.07, 6.45) is 0. The lowest BCUT2D eigenvalue weighted by molar-refractivity contribution is 0.504. The van der Waals surface area contributed by atoms with E-state index in [-0.39, 0.29) is 11.1 Å². The zero-order valence-electron chi connectivity index (χ0n) is 11.7. The number of halogens is 4. The third-order valence-corrected chi connectivity index (χ3v) is 4.12. The van der Waals surface area contributed by atoms with Gasteiger partial charge < -0.3 is 5.32 Å². The Morgan fingerprint density at radius 3 is 2.43 bits per heavy atom. The number of hydrogen-bond donors (Lipinski definition) is 1. The summed E-state index contributed by atoms with van der Waals surface area (Å²) in [6.45, 7) is 4.60. The number of aryl methyl sites for hydroxylation is 1. The van der Waals surface area contributed by atoms with Crippen LogP contribution in [0.25, 0.3) is 0 Å². The Balaban J connectivity index is 2.55. The molecule has 0 spiro atoms. The second-order valence-corrected chi connectivity index (χ2v) is 6.10. The standard InChI is InChI=1S/C16H15BrClF2N/c1-3-21-16(11-5-4-10(17)6-9(11)2)12-7-14(19)15(20)8-13(12)18/h4-8,16,21H,3H2,1-2H3. The Kier molecular flexibility index (Phi) is 5.36. The molecule has 1 N–H and O–H groups in total. The Hall–Kier alpha value is -0.970. The molecule has 0 fully saturated rings. The van der Waals surface area contributed by atoms with Gasteiger partial charge in [0.2, 0.25) is 0 Å². The largest absolute Gasteiger partial charge is 0.306 e. The third kappa shape index (κ3) is 3.62. The molecule has 5 heteroatoms. The zero-order chi connectivity index (χ0) is 15.6. The molecule has 1 atom stereocenters. The van der Waals surface area contributed by atoms with E-state index in [1.54, 1.807) is 0 Å². The Bertz CT molecular complexity index is 661. The topological polar surface area (TPSA) is 12.0 Å². The van der Waals surface area contributed by atoms with Crippen molar-refractivity contribution in [2.24, 2.45) is 0 Å². The fourth-order valence-corrected chi connectivity index (χ4v) is 3.05. The lowest BCUT2D eigenvalue weighted by atomic mass is 9.94. The molecular weight excluding hydrogens is 360 g/mol. The van der Waals surface area contributed by atoms with Gasteiger partial charge in [-0.3, -0.25) is 0 Å². The van der Waals surface area contributed by atoms with Gasteiger partial charge in [0, 0.05) is 9.50 Å². The van der Waals surface area contributed by atoms with Crippen LogP contribution in [0.4, 0.5) is 8.78 Å². The van der Waals surface area contributed by atoms with Crippen molar-refractivity contribution in [1.29, 1.82) is 0 Å². The molecule has 2 rings (SSSR count). The van der Waals surface area contributed by atoms with Gasteiger partial charge in [0.15, 0.2) is 11.6 Å². The molecule has 112 valence electrons. The summed E-state index contributed by atoms with van der Waals surface area (Å²) in [5, 5.41) is 3.48. The second kappa shape index (κ2) is 6.86. The van der Waals surface area contributed by atoms with Gasteiger partial charge in [-0.1, -0.05) is 40.5 Å². The van der Waals surface area contributed by atoms with E-state index in [0.29, 0.717) is 12.1 Å². The van der Waals surface area contributed by atoms with Crippen LogP contribution < -0.4 is 5.32 Å². The minimum Gasteiger partial charge on any atom is -0.306 e. The number of nitrogens with one attached hydrogen (secondary N) is 1. The molecule has 2 aromatic carbocycles. The molecule has 0 aliphatic rings. The van der Waals surface area contributed by atoms with Crippen molar-refractivity contribution in [2.75, 3.05) is 6.54 Å². The van der Waals surface area contributed by atoms with Crippen molar-refractivity contribution in [1.82, 2.24) is 5.32 Å². The van der Waals surface area contributed by atoms with Crippen LogP contribution in [0.3, 0.4) is 0 Å². The van der Waals surface area contributed by atoms with Crippen LogP contribution >= 0.6 is 27.5 Å². The summed E-state index contributed by atoms with van der Waals surface area (Å²) in [4.78, 5) is 0. The zero-order valence-corrected chi connectivity index (χ0v) is 14.0. The minimum absolute atomic E-state index is 0.210. The molecule has 0 aromatic heterocycles. The van der Waals surface area contributed by atoms with Gasteiger partial charge >= 0.3 is 0 Å². The van der Waals surface area contributed by atoms with Gasteiger partial charge in [-0.2, -0.15) is 0 Å². The average molecular weight is 375 g/mol. The maximum atomic E-state index is 13.6. The lowest BCUT2D eigenvalue weighted by Crippen LogP contribution is -2.23. The van der Waals surface area contributed by atoms with Crippen molar-refractivity contribution < 1.29 is 8.78 Å². The van der Waals surface area contributed by atoms with Crippen molar-refractivity contribution in [2.45, 2.75) is 19.9 Å². The quantitative estimate of drug-likeness (QED) is 0.708. The highest BCUT2D eigenvalue weighted by atomic mass is 79.9. The molecule has 0 aliphatic heterocycles. The van der Waals surface area contributed by atoms with Crippen LogP contribution in [-0.2, 0) is 0 Å². The van der Waals surface area contributed by atoms with Crippen LogP contribution in [-0.4, -0.2) is 6.54 Å². The van der Waals surface area contributed by atoms with Gasteiger partial charge in [0.25, 0.3) is 0 Å². The molecule has 2 aromatic rings. The van der Waals surface area contributed by atoms with E-state index in [1.165, 1.54) is 0 Å². The lowest BCUT2D eigenvalue weighted by Gasteiger charge is -2.22. The summed E-state index contributed by atoms with van der Waals surface area (Å²) in [6, 6.07) is 7.74. The molecule has 0 heterocycles. The highest BCUT2D eigenvalue weighted by Crippen LogP contribution is 2.32. The summed E-state index contributed by atoms with van der Waals surface area (Å²) >= 11 is 9.53. The van der Waals surface area contributed by atoms with Crippen molar-refractivity contribution in [3.05, 3.63) is 68.2 Å². The maximum Gasteiger partial charge on any atom is 0.160 e. The van der Waals surface area contributed by atoms with Crippen LogP contribution in [0.5, 0.6) is 0 Å². The predicted octanol–water partition coefficient (Wildman–Crippen LogP) is 5.39. The van der Waals surface area contributed by atoms with Crippen LogP contribution in [0.1, 0.15) is 29.7 Å². The molecule has 1 unspecified atom stereocenters. The van der Waals surface area contributed by atoms with E-state index in [0.717, 1.165) is 27.7 Å². The second-order valence-electron chi connectivity index (χ2n) is 4.78. The minimum atomic E-state index is -0.938. The molecular formula is C16H15BrClF2N. The Morgan fingerprint density at radius 2 is 1.81 bits per heavy atom. The molecule has 21 heavy (non-hydrogen) atoms. The number of hydrogen-bond acceptors (Lipinski definition) is 1. The normalized spacial score (nSPS) is 12.5. The smallest absolute Gasteiger partial charge is 0.160 e. The molecule has 0 bridgehead atoms. The first kappa shape index (κ1) is 16.4. The molecule has 0 aliphatic carbocycles. The van der Waals surface area contributed by atoms with E-state index in [1.807, 2.05) is 32.0 Å². The van der Waals surface area contributed by atoms with Gasteiger partial charge in [0.1, 0.15) is 0 Å². The van der Waals surface area contributed by atoms with Gasteiger partial charge in [-0.05, 0) is 54.4 Å². The molecule has 0 saturated carbocycles.